The van der Waals surface area contributed by atoms with E-state index in [0.717, 1.165) is 6.42 Å². The first-order chi connectivity index (χ1) is 7.22. The van der Waals surface area contributed by atoms with Crippen molar-refractivity contribution in [2.75, 3.05) is 0 Å². The van der Waals surface area contributed by atoms with E-state index in [1.807, 2.05) is 0 Å². The molecular weight excluding hydrogens is 316 g/mol. The van der Waals surface area contributed by atoms with Crippen molar-refractivity contribution in [2.45, 2.75) is 43.9 Å². The highest BCUT2D eigenvalue weighted by Gasteiger charge is 2.05. The summed E-state index contributed by atoms with van der Waals surface area (Å²) in [6.45, 7) is 2.25. The fraction of sp³-hybridized carbons (Fsp3) is 0.538. The first-order valence-corrected chi connectivity index (χ1v) is 7.31. The molecule has 84 valence electrons. The lowest BCUT2D eigenvalue weighted by atomic mass is 10.1. The zero-order valence-corrected chi connectivity index (χ0v) is 12.4. The van der Waals surface area contributed by atoms with E-state index in [-0.39, 0.29) is 0 Å². The Bertz CT molecular complexity index is 284. The quantitative estimate of drug-likeness (QED) is 0.487. The Kier molecular flexibility index (Phi) is 6.58. The van der Waals surface area contributed by atoms with E-state index >= 15 is 0 Å². The molecule has 0 aliphatic heterocycles. The van der Waals surface area contributed by atoms with Crippen molar-refractivity contribution in [3.05, 3.63) is 34.3 Å². The van der Waals surface area contributed by atoms with Crippen LogP contribution in [0.15, 0.2) is 28.7 Å². The molecule has 1 rings (SSSR count). The number of halogens is 2. The molecule has 2 heteroatoms. The van der Waals surface area contributed by atoms with Gasteiger partial charge >= 0.3 is 0 Å². The number of benzene rings is 1. The highest BCUT2D eigenvalue weighted by molar-refractivity contribution is 9.10. The zero-order chi connectivity index (χ0) is 11.1. The van der Waals surface area contributed by atoms with Crippen molar-refractivity contribution in [1.82, 2.24) is 0 Å². The summed E-state index contributed by atoms with van der Waals surface area (Å²) in [5.74, 6) is 0. The predicted octanol–water partition coefficient (Wildman–Crippen LogP) is 5.34. The van der Waals surface area contributed by atoms with Gasteiger partial charge in [0.15, 0.2) is 0 Å². The van der Waals surface area contributed by atoms with Gasteiger partial charge in [-0.2, -0.15) is 0 Å². The lowest BCUT2D eigenvalue weighted by Gasteiger charge is -2.09. The SMILES string of the molecule is CCCCCC(Br)Cc1cccc(Br)c1. The van der Waals surface area contributed by atoms with Crippen LogP contribution in [0.3, 0.4) is 0 Å². The zero-order valence-electron chi connectivity index (χ0n) is 9.18. The summed E-state index contributed by atoms with van der Waals surface area (Å²) in [6, 6.07) is 8.57. The number of rotatable bonds is 6. The van der Waals surface area contributed by atoms with E-state index in [1.54, 1.807) is 0 Å². The number of hydrogen-bond donors (Lipinski definition) is 0. The van der Waals surface area contributed by atoms with E-state index in [2.05, 4.69) is 63.0 Å². The first kappa shape index (κ1) is 13.2. The van der Waals surface area contributed by atoms with Crippen LogP contribution in [0.2, 0.25) is 0 Å². The molecule has 0 aliphatic rings. The van der Waals surface area contributed by atoms with E-state index in [9.17, 15) is 0 Å². The Morgan fingerprint density at radius 3 is 2.73 bits per heavy atom. The predicted molar refractivity (Wildman–Crippen MR) is 74.7 cm³/mol. The van der Waals surface area contributed by atoms with Gasteiger partial charge in [-0.3, -0.25) is 0 Å². The van der Waals surface area contributed by atoms with E-state index in [0.29, 0.717) is 4.83 Å². The van der Waals surface area contributed by atoms with Crippen molar-refractivity contribution in [2.24, 2.45) is 0 Å². The minimum Gasteiger partial charge on any atom is -0.0887 e. The van der Waals surface area contributed by atoms with Crippen LogP contribution in [0.5, 0.6) is 0 Å². The van der Waals surface area contributed by atoms with Gasteiger partial charge in [0.05, 0.1) is 0 Å². The third-order valence-electron chi connectivity index (χ3n) is 2.47. The Morgan fingerprint density at radius 1 is 1.27 bits per heavy atom. The Balaban J connectivity index is 2.34. The largest absolute Gasteiger partial charge is 0.0887 e. The normalized spacial score (nSPS) is 12.7. The maximum atomic E-state index is 3.75. The molecule has 0 amide bonds. The molecule has 0 saturated heterocycles. The second-order valence-corrected chi connectivity index (χ2v) is 6.14. The third kappa shape index (κ3) is 5.72. The molecule has 0 fully saturated rings. The minimum absolute atomic E-state index is 0.623. The van der Waals surface area contributed by atoms with Crippen molar-refractivity contribution in [3.63, 3.8) is 0 Å². The molecule has 0 aliphatic carbocycles. The summed E-state index contributed by atoms with van der Waals surface area (Å²) in [4.78, 5) is 0.623. The smallest absolute Gasteiger partial charge is 0.0186 e. The summed E-state index contributed by atoms with van der Waals surface area (Å²) in [5.41, 5.74) is 1.41. The maximum absolute atomic E-state index is 3.75. The van der Waals surface area contributed by atoms with Crippen LogP contribution in [0.25, 0.3) is 0 Å². The third-order valence-corrected chi connectivity index (χ3v) is 3.74. The molecular formula is C13H18Br2. The molecule has 1 aromatic carbocycles. The molecule has 0 bridgehead atoms. The molecule has 1 atom stereocenters. The van der Waals surface area contributed by atoms with Gasteiger partial charge in [-0.25, -0.2) is 0 Å². The molecule has 1 aromatic rings. The molecule has 0 nitrogen and oxygen atoms in total. The Labute approximate surface area is 110 Å². The van der Waals surface area contributed by atoms with Crippen molar-refractivity contribution in [1.29, 1.82) is 0 Å². The molecule has 15 heavy (non-hydrogen) atoms. The molecule has 0 heterocycles. The minimum atomic E-state index is 0.623. The summed E-state index contributed by atoms with van der Waals surface area (Å²) >= 11 is 7.25. The number of unbranched alkanes of at least 4 members (excludes halogenated alkanes) is 2. The van der Waals surface area contributed by atoms with E-state index in [1.165, 1.54) is 35.7 Å². The molecule has 0 aromatic heterocycles. The second kappa shape index (κ2) is 7.45. The van der Waals surface area contributed by atoms with Gasteiger partial charge in [0.25, 0.3) is 0 Å². The van der Waals surface area contributed by atoms with Gasteiger partial charge in [-0.15, -0.1) is 0 Å². The molecule has 0 saturated carbocycles. The summed E-state index contributed by atoms with van der Waals surface area (Å²) in [7, 11) is 0. The second-order valence-electron chi connectivity index (χ2n) is 3.93. The highest BCUT2D eigenvalue weighted by atomic mass is 79.9. The van der Waals surface area contributed by atoms with Crippen molar-refractivity contribution >= 4 is 31.9 Å². The van der Waals surface area contributed by atoms with Gasteiger partial charge in [-0.05, 0) is 30.5 Å². The van der Waals surface area contributed by atoms with E-state index < -0.39 is 0 Å². The molecule has 0 radical (unpaired) electrons. The maximum Gasteiger partial charge on any atom is 0.0186 e. The standard InChI is InChI=1S/C13H18Br2/c1-2-3-4-7-12(14)9-11-6-5-8-13(15)10-11/h5-6,8,10,12H,2-4,7,9H2,1H3. The summed E-state index contributed by atoms with van der Waals surface area (Å²) in [6.07, 6.45) is 6.39. The van der Waals surface area contributed by atoms with Gasteiger partial charge in [0, 0.05) is 9.30 Å². The Hall–Kier alpha value is 0.180. The van der Waals surface area contributed by atoms with Crippen molar-refractivity contribution in [3.8, 4) is 0 Å². The van der Waals surface area contributed by atoms with E-state index in [4.69, 9.17) is 0 Å². The topological polar surface area (TPSA) is 0 Å². The van der Waals surface area contributed by atoms with Crippen LogP contribution in [0, 0.1) is 0 Å². The fourth-order valence-corrected chi connectivity index (χ4v) is 2.78. The van der Waals surface area contributed by atoms with Gasteiger partial charge < -0.3 is 0 Å². The average Bonchev–Trinajstić information content (AvgIpc) is 2.18. The molecule has 1 unspecified atom stereocenters. The van der Waals surface area contributed by atoms with Crippen LogP contribution in [-0.2, 0) is 6.42 Å². The average molecular weight is 334 g/mol. The highest BCUT2D eigenvalue weighted by Crippen LogP contribution is 2.19. The van der Waals surface area contributed by atoms with Crippen LogP contribution in [0.1, 0.15) is 38.2 Å². The lowest BCUT2D eigenvalue weighted by molar-refractivity contribution is 0.648. The van der Waals surface area contributed by atoms with Crippen LogP contribution in [-0.4, -0.2) is 4.83 Å². The van der Waals surface area contributed by atoms with Crippen LogP contribution >= 0.6 is 31.9 Å². The van der Waals surface area contributed by atoms with Crippen LogP contribution < -0.4 is 0 Å². The fourth-order valence-electron chi connectivity index (χ4n) is 1.64. The van der Waals surface area contributed by atoms with Gasteiger partial charge in [0.1, 0.15) is 0 Å². The van der Waals surface area contributed by atoms with Crippen molar-refractivity contribution < 1.29 is 0 Å². The molecule has 0 spiro atoms. The number of hydrogen-bond acceptors (Lipinski definition) is 0. The summed E-state index contributed by atoms with van der Waals surface area (Å²) in [5, 5.41) is 0. The number of alkyl halides is 1. The molecule has 0 N–H and O–H groups in total. The first-order valence-electron chi connectivity index (χ1n) is 5.61. The Morgan fingerprint density at radius 2 is 2.07 bits per heavy atom. The monoisotopic (exact) mass is 332 g/mol. The van der Waals surface area contributed by atoms with Gasteiger partial charge in [-0.1, -0.05) is 70.2 Å². The van der Waals surface area contributed by atoms with Crippen LogP contribution in [0.4, 0.5) is 0 Å². The van der Waals surface area contributed by atoms with Gasteiger partial charge in [0.2, 0.25) is 0 Å². The lowest BCUT2D eigenvalue weighted by Crippen LogP contribution is -2.02. The summed E-state index contributed by atoms with van der Waals surface area (Å²) < 4.78 is 1.17.